The highest BCUT2D eigenvalue weighted by molar-refractivity contribution is 5.95. The molecule has 0 saturated heterocycles. The minimum atomic E-state index is 0.123. The van der Waals surface area contributed by atoms with Crippen LogP contribution in [-0.2, 0) is 0 Å². The highest BCUT2D eigenvalue weighted by Gasteiger charge is 2.14. The van der Waals surface area contributed by atoms with Gasteiger partial charge in [-0.25, -0.2) is 0 Å². The van der Waals surface area contributed by atoms with Crippen molar-refractivity contribution in [1.29, 1.82) is 0 Å². The van der Waals surface area contributed by atoms with Crippen LogP contribution < -0.4 is 0 Å². The molecule has 0 aliphatic heterocycles. The quantitative estimate of drug-likeness (QED) is 0.819. The lowest BCUT2D eigenvalue weighted by Gasteiger charge is -2.19. The van der Waals surface area contributed by atoms with Gasteiger partial charge in [0.25, 0.3) is 5.91 Å². The summed E-state index contributed by atoms with van der Waals surface area (Å²) in [5.41, 5.74) is 1.83. The zero-order valence-corrected chi connectivity index (χ0v) is 12.4. The summed E-state index contributed by atoms with van der Waals surface area (Å²) in [4.78, 5) is 14.1. The lowest BCUT2D eigenvalue weighted by atomic mass is 10.2. The van der Waals surface area contributed by atoms with Crippen LogP contribution in [-0.4, -0.2) is 28.3 Å². The number of carbonyl (C=O) groups excluding carboxylic acids is 1. The van der Waals surface area contributed by atoms with Crippen molar-refractivity contribution in [1.82, 2.24) is 9.30 Å². The molecule has 2 rings (SSSR count). The second-order valence-corrected chi connectivity index (χ2v) is 4.15. The van der Waals surface area contributed by atoms with Crippen LogP contribution in [0.3, 0.4) is 0 Å². The number of hydrogen-bond acceptors (Lipinski definition) is 1. The topological polar surface area (TPSA) is 24.7 Å². The second kappa shape index (κ2) is 7.62. The van der Waals surface area contributed by atoms with E-state index in [4.69, 9.17) is 0 Å². The van der Waals surface area contributed by atoms with Crippen LogP contribution in [0.5, 0.6) is 0 Å². The summed E-state index contributed by atoms with van der Waals surface area (Å²) in [5.74, 6) is 0.123. The van der Waals surface area contributed by atoms with E-state index in [9.17, 15) is 4.79 Å². The summed E-state index contributed by atoms with van der Waals surface area (Å²) >= 11 is 0. The van der Waals surface area contributed by atoms with Crippen molar-refractivity contribution in [3.63, 3.8) is 0 Å². The minimum absolute atomic E-state index is 0.123. The fourth-order valence-corrected chi connectivity index (χ4v) is 2.03. The summed E-state index contributed by atoms with van der Waals surface area (Å²) in [7, 11) is 0. The SMILES string of the molecule is CC.CCCN(CC)C(=O)c1cc2ccccn2c1. The van der Waals surface area contributed by atoms with Crippen LogP contribution >= 0.6 is 0 Å². The molecule has 0 spiro atoms. The highest BCUT2D eigenvalue weighted by atomic mass is 16.2. The number of nitrogens with zero attached hydrogens (tertiary/aromatic N) is 2. The van der Waals surface area contributed by atoms with Crippen LogP contribution in [0.15, 0.2) is 36.7 Å². The predicted molar refractivity (Wildman–Crippen MR) is 80.6 cm³/mol. The number of carbonyl (C=O) groups is 1. The van der Waals surface area contributed by atoms with Crippen molar-refractivity contribution in [2.24, 2.45) is 0 Å². The first-order valence-electron chi connectivity index (χ1n) is 7.12. The molecule has 3 nitrogen and oxygen atoms in total. The van der Waals surface area contributed by atoms with Gasteiger partial charge in [-0.2, -0.15) is 0 Å². The minimum Gasteiger partial charge on any atom is -0.339 e. The number of rotatable bonds is 4. The van der Waals surface area contributed by atoms with E-state index in [1.165, 1.54) is 0 Å². The highest BCUT2D eigenvalue weighted by Crippen LogP contribution is 2.12. The van der Waals surface area contributed by atoms with Gasteiger partial charge in [-0.05, 0) is 31.5 Å². The summed E-state index contributed by atoms with van der Waals surface area (Å²) in [6, 6.07) is 7.89. The third kappa shape index (κ3) is 3.60. The maximum absolute atomic E-state index is 12.2. The van der Waals surface area contributed by atoms with Gasteiger partial charge in [0.15, 0.2) is 0 Å². The summed E-state index contributed by atoms with van der Waals surface area (Å²) in [6.07, 6.45) is 4.85. The second-order valence-electron chi connectivity index (χ2n) is 4.15. The Morgan fingerprint density at radius 2 is 2.00 bits per heavy atom. The van der Waals surface area contributed by atoms with Crippen LogP contribution in [0, 0.1) is 0 Å². The zero-order valence-electron chi connectivity index (χ0n) is 12.4. The molecule has 0 aliphatic rings. The standard InChI is InChI=1S/C14H18N2O.C2H6/c1-3-8-15(4-2)14(17)12-10-13-7-5-6-9-16(13)11-12;1-2/h5-7,9-11H,3-4,8H2,1-2H3;1-2H3. The van der Waals surface area contributed by atoms with Gasteiger partial charge in [0.1, 0.15) is 0 Å². The molecule has 2 heterocycles. The normalized spacial score (nSPS) is 9.89. The molecule has 0 bridgehead atoms. The van der Waals surface area contributed by atoms with Gasteiger partial charge in [-0.1, -0.05) is 26.8 Å². The number of hydrogen-bond donors (Lipinski definition) is 0. The van der Waals surface area contributed by atoms with Gasteiger partial charge in [-0.3, -0.25) is 4.79 Å². The van der Waals surface area contributed by atoms with E-state index >= 15 is 0 Å². The fourth-order valence-electron chi connectivity index (χ4n) is 2.03. The first-order valence-corrected chi connectivity index (χ1v) is 7.12. The first-order chi connectivity index (χ1) is 9.26. The monoisotopic (exact) mass is 260 g/mol. The molecule has 0 atom stereocenters. The molecule has 0 N–H and O–H groups in total. The molecule has 3 heteroatoms. The molecule has 0 unspecified atom stereocenters. The number of amides is 1. The lowest BCUT2D eigenvalue weighted by Crippen LogP contribution is -2.31. The zero-order chi connectivity index (χ0) is 14.3. The maximum atomic E-state index is 12.2. The number of fused-ring (bicyclic) bond motifs is 1. The largest absolute Gasteiger partial charge is 0.339 e. The smallest absolute Gasteiger partial charge is 0.255 e. The summed E-state index contributed by atoms with van der Waals surface area (Å²) < 4.78 is 1.98. The van der Waals surface area contributed by atoms with E-state index in [1.807, 2.05) is 66.7 Å². The molecule has 19 heavy (non-hydrogen) atoms. The van der Waals surface area contributed by atoms with Crippen molar-refractivity contribution < 1.29 is 4.79 Å². The van der Waals surface area contributed by atoms with Crippen LogP contribution in [0.1, 0.15) is 44.5 Å². The molecule has 1 amide bonds. The van der Waals surface area contributed by atoms with Gasteiger partial charge in [0.2, 0.25) is 0 Å². The van der Waals surface area contributed by atoms with Gasteiger partial charge >= 0.3 is 0 Å². The Balaban J connectivity index is 0.000000861. The molecule has 0 saturated carbocycles. The van der Waals surface area contributed by atoms with Crippen LogP contribution in [0.2, 0.25) is 0 Å². The Morgan fingerprint density at radius 1 is 1.26 bits per heavy atom. The first kappa shape index (κ1) is 15.3. The van der Waals surface area contributed by atoms with Gasteiger partial charge in [-0.15, -0.1) is 0 Å². The van der Waals surface area contributed by atoms with E-state index in [0.29, 0.717) is 0 Å². The van der Waals surface area contributed by atoms with Crippen molar-refractivity contribution in [2.45, 2.75) is 34.1 Å². The van der Waals surface area contributed by atoms with E-state index in [-0.39, 0.29) is 5.91 Å². The molecular weight excluding hydrogens is 236 g/mol. The van der Waals surface area contributed by atoms with E-state index in [0.717, 1.165) is 30.6 Å². The number of aromatic nitrogens is 1. The van der Waals surface area contributed by atoms with Crippen molar-refractivity contribution >= 4 is 11.4 Å². The Morgan fingerprint density at radius 3 is 2.58 bits per heavy atom. The lowest BCUT2D eigenvalue weighted by molar-refractivity contribution is 0.0764. The van der Waals surface area contributed by atoms with Gasteiger partial charge in [0, 0.05) is 31.0 Å². The third-order valence-corrected chi connectivity index (χ3v) is 2.91. The van der Waals surface area contributed by atoms with E-state index in [2.05, 4.69) is 6.92 Å². The van der Waals surface area contributed by atoms with E-state index < -0.39 is 0 Å². The van der Waals surface area contributed by atoms with E-state index in [1.54, 1.807) is 0 Å². The molecule has 2 aromatic heterocycles. The number of pyridine rings is 1. The molecule has 0 aromatic carbocycles. The van der Waals surface area contributed by atoms with Crippen molar-refractivity contribution in [3.05, 3.63) is 42.2 Å². The Labute approximate surface area is 115 Å². The van der Waals surface area contributed by atoms with Crippen molar-refractivity contribution in [3.8, 4) is 0 Å². The van der Waals surface area contributed by atoms with Crippen LogP contribution in [0.4, 0.5) is 0 Å². The predicted octanol–water partition coefficient (Wildman–Crippen LogP) is 3.84. The van der Waals surface area contributed by atoms with Gasteiger partial charge < -0.3 is 9.30 Å². The molecular formula is C16H24N2O. The fraction of sp³-hybridized carbons (Fsp3) is 0.438. The molecule has 0 aliphatic carbocycles. The average molecular weight is 260 g/mol. The van der Waals surface area contributed by atoms with Crippen molar-refractivity contribution in [2.75, 3.05) is 13.1 Å². The Bertz CT molecular complexity index is 483. The van der Waals surface area contributed by atoms with Gasteiger partial charge in [0.05, 0.1) is 5.56 Å². The Kier molecular flexibility index (Phi) is 6.13. The summed E-state index contributed by atoms with van der Waals surface area (Å²) in [5, 5.41) is 0. The molecule has 104 valence electrons. The summed E-state index contributed by atoms with van der Waals surface area (Å²) in [6.45, 7) is 9.69. The Hall–Kier alpha value is -1.77. The molecule has 0 radical (unpaired) electrons. The molecule has 0 fully saturated rings. The maximum Gasteiger partial charge on any atom is 0.255 e. The molecule has 2 aromatic rings. The van der Waals surface area contributed by atoms with Crippen LogP contribution in [0.25, 0.3) is 5.52 Å². The third-order valence-electron chi connectivity index (χ3n) is 2.91. The average Bonchev–Trinajstić information content (AvgIpc) is 2.90.